The van der Waals surface area contributed by atoms with Gasteiger partial charge in [0, 0.05) is 10.7 Å². The van der Waals surface area contributed by atoms with Crippen molar-refractivity contribution in [1.82, 2.24) is 0 Å². The molecule has 0 aromatic heterocycles. The Hall–Kier alpha value is -2.53. The molecule has 1 amide bonds. The van der Waals surface area contributed by atoms with E-state index in [0.29, 0.717) is 28.6 Å². The van der Waals surface area contributed by atoms with E-state index in [1.165, 1.54) is 0 Å². The lowest BCUT2D eigenvalue weighted by atomic mass is 10.2. The van der Waals surface area contributed by atoms with Gasteiger partial charge in [0.2, 0.25) is 0 Å². The zero-order valence-corrected chi connectivity index (χ0v) is 16.5. The molecule has 2 rings (SSSR count). The van der Waals surface area contributed by atoms with Crippen LogP contribution in [0, 0.1) is 6.92 Å². The molecule has 2 aromatic rings. The maximum absolute atomic E-state index is 12.3. The lowest BCUT2D eigenvalue weighted by Gasteiger charge is -2.16. The van der Waals surface area contributed by atoms with Crippen molar-refractivity contribution in [1.29, 1.82) is 0 Å². The van der Waals surface area contributed by atoms with Gasteiger partial charge in [-0.25, -0.2) is 4.79 Å². The van der Waals surface area contributed by atoms with Gasteiger partial charge in [0.15, 0.2) is 6.10 Å². The number of hydrogen-bond donors (Lipinski definition) is 1. The average Bonchev–Trinajstić information content (AvgIpc) is 2.64. The van der Waals surface area contributed by atoms with Gasteiger partial charge in [-0.3, -0.25) is 4.79 Å². The minimum atomic E-state index is -0.691. The van der Waals surface area contributed by atoms with Gasteiger partial charge in [0.25, 0.3) is 5.91 Å². The number of anilines is 1. The number of halogens is 1. The number of carbonyl (C=O) groups excluding carboxylic acids is 2. The zero-order valence-electron chi connectivity index (χ0n) is 15.8. The highest BCUT2D eigenvalue weighted by Crippen LogP contribution is 2.23. The molecular formula is C21H24ClNO4. The molecule has 0 saturated heterocycles. The minimum absolute atomic E-state index is 0.289. The second kappa shape index (κ2) is 9.97. The largest absolute Gasteiger partial charge is 0.481 e. The molecular weight excluding hydrogens is 366 g/mol. The Balaban J connectivity index is 1.91. The van der Waals surface area contributed by atoms with Crippen LogP contribution in [0.15, 0.2) is 42.5 Å². The third-order valence-electron chi connectivity index (χ3n) is 3.93. The van der Waals surface area contributed by atoms with Crippen molar-refractivity contribution in [3.8, 4) is 5.75 Å². The Bertz CT molecular complexity index is 789. The first-order valence-corrected chi connectivity index (χ1v) is 9.29. The van der Waals surface area contributed by atoms with Crippen molar-refractivity contribution in [2.24, 2.45) is 0 Å². The smallest absolute Gasteiger partial charge is 0.338 e. The second-order valence-electron chi connectivity index (χ2n) is 6.23. The van der Waals surface area contributed by atoms with Crippen molar-refractivity contribution in [3.05, 3.63) is 58.6 Å². The van der Waals surface area contributed by atoms with E-state index in [2.05, 4.69) is 5.32 Å². The fourth-order valence-electron chi connectivity index (χ4n) is 2.32. The third kappa shape index (κ3) is 6.29. The lowest BCUT2D eigenvalue weighted by Crippen LogP contribution is -2.30. The Morgan fingerprint density at radius 3 is 2.48 bits per heavy atom. The molecule has 5 nitrogen and oxygen atoms in total. The SMILES string of the molecule is CCCCOC(=O)c1ccc(NC(=O)[C@H](C)Oc2ccc(Cl)cc2C)cc1. The summed E-state index contributed by atoms with van der Waals surface area (Å²) in [7, 11) is 0. The highest BCUT2D eigenvalue weighted by Gasteiger charge is 2.16. The van der Waals surface area contributed by atoms with E-state index >= 15 is 0 Å². The van der Waals surface area contributed by atoms with Crippen LogP contribution in [-0.2, 0) is 9.53 Å². The zero-order chi connectivity index (χ0) is 19.8. The van der Waals surface area contributed by atoms with Crippen LogP contribution < -0.4 is 10.1 Å². The molecule has 144 valence electrons. The monoisotopic (exact) mass is 389 g/mol. The first kappa shape index (κ1) is 20.8. The molecule has 2 aromatic carbocycles. The highest BCUT2D eigenvalue weighted by molar-refractivity contribution is 6.30. The topological polar surface area (TPSA) is 64.6 Å². The summed E-state index contributed by atoms with van der Waals surface area (Å²) >= 11 is 5.93. The van der Waals surface area contributed by atoms with Crippen molar-refractivity contribution >= 4 is 29.2 Å². The van der Waals surface area contributed by atoms with Crippen molar-refractivity contribution in [3.63, 3.8) is 0 Å². The van der Waals surface area contributed by atoms with Crippen LogP contribution in [0.4, 0.5) is 5.69 Å². The molecule has 0 heterocycles. The molecule has 1 atom stereocenters. The summed E-state index contributed by atoms with van der Waals surface area (Å²) in [6.45, 7) is 5.98. The molecule has 0 spiro atoms. The molecule has 27 heavy (non-hydrogen) atoms. The Kier molecular flexibility index (Phi) is 7.67. The fourth-order valence-corrected chi connectivity index (χ4v) is 2.54. The van der Waals surface area contributed by atoms with Gasteiger partial charge in [0.05, 0.1) is 12.2 Å². The number of nitrogens with one attached hydrogen (secondary N) is 1. The summed E-state index contributed by atoms with van der Waals surface area (Å²) in [6.07, 6.45) is 1.11. The first-order valence-electron chi connectivity index (χ1n) is 8.91. The summed E-state index contributed by atoms with van der Waals surface area (Å²) in [5.74, 6) is -0.0499. The van der Waals surface area contributed by atoms with E-state index in [1.807, 2.05) is 13.8 Å². The van der Waals surface area contributed by atoms with Gasteiger partial charge in [-0.05, 0) is 68.3 Å². The van der Waals surface area contributed by atoms with E-state index < -0.39 is 6.10 Å². The molecule has 0 aliphatic heterocycles. The lowest BCUT2D eigenvalue weighted by molar-refractivity contribution is -0.122. The summed E-state index contributed by atoms with van der Waals surface area (Å²) in [5, 5.41) is 3.39. The number of unbranched alkanes of at least 4 members (excludes halogenated alkanes) is 1. The maximum Gasteiger partial charge on any atom is 0.338 e. The summed E-state index contributed by atoms with van der Waals surface area (Å²) in [6, 6.07) is 11.8. The molecule has 0 radical (unpaired) electrons. The number of rotatable bonds is 8. The van der Waals surface area contributed by atoms with E-state index in [0.717, 1.165) is 18.4 Å². The molecule has 0 aliphatic rings. The number of esters is 1. The van der Waals surface area contributed by atoms with Gasteiger partial charge in [-0.1, -0.05) is 24.9 Å². The number of aryl methyl sites for hydroxylation is 1. The van der Waals surface area contributed by atoms with Crippen LogP contribution in [0.25, 0.3) is 0 Å². The van der Waals surface area contributed by atoms with Crippen LogP contribution in [-0.4, -0.2) is 24.6 Å². The first-order chi connectivity index (χ1) is 12.9. The van der Waals surface area contributed by atoms with Crippen molar-refractivity contribution in [2.75, 3.05) is 11.9 Å². The standard InChI is InChI=1S/C21H24ClNO4/c1-4-5-12-26-21(25)16-6-9-18(10-7-16)23-20(24)15(3)27-19-11-8-17(22)13-14(19)2/h6-11,13,15H,4-5,12H2,1-3H3,(H,23,24)/t15-/m0/s1. The number of amides is 1. The van der Waals surface area contributed by atoms with Crippen LogP contribution in [0.3, 0.4) is 0 Å². The van der Waals surface area contributed by atoms with E-state index in [9.17, 15) is 9.59 Å². The predicted octanol–water partition coefficient (Wildman–Crippen LogP) is 5.01. The molecule has 0 fully saturated rings. The molecule has 0 aliphatic carbocycles. The van der Waals surface area contributed by atoms with Gasteiger partial charge < -0.3 is 14.8 Å². The van der Waals surface area contributed by atoms with E-state index in [-0.39, 0.29) is 11.9 Å². The normalized spacial score (nSPS) is 11.6. The number of carbonyl (C=O) groups is 2. The van der Waals surface area contributed by atoms with Gasteiger partial charge in [0.1, 0.15) is 5.75 Å². The van der Waals surface area contributed by atoms with Crippen LogP contribution >= 0.6 is 11.6 Å². The molecule has 1 N–H and O–H groups in total. The second-order valence-corrected chi connectivity index (χ2v) is 6.66. The van der Waals surface area contributed by atoms with Gasteiger partial charge in [-0.15, -0.1) is 0 Å². The average molecular weight is 390 g/mol. The number of ether oxygens (including phenoxy) is 2. The molecule has 0 unspecified atom stereocenters. The van der Waals surface area contributed by atoms with Crippen molar-refractivity contribution in [2.45, 2.75) is 39.7 Å². The van der Waals surface area contributed by atoms with Crippen molar-refractivity contribution < 1.29 is 19.1 Å². The predicted molar refractivity (Wildman–Crippen MR) is 107 cm³/mol. The summed E-state index contributed by atoms with van der Waals surface area (Å²) < 4.78 is 10.9. The molecule has 6 heteroatoms. The van der Waals surface area contributed by atoms with Crippen LogP contribution in [0.5, 0.6) is 5.75 Å². The Morgan fingerprint density at radius 2 is 1.85 bits per heavy atom. The maximum atomic E-state index is 12.3. The summed E-state index contributed by atoms with van der Waals surface area (Å²) in [5.41, 5.74) is 1.88. The van der Waals surface area contributed by atoms with E-state index in [1.54, 1.807) is 49.4 Å². The van der Waals surface area contributed by atoms with Gasteiger partial charge in [-0.2, -0.15) is 0 Å². The molecule has 0 bridgehead atoms. The number of hydrogen-bond acceptors (Lipinski definition) is 4. The Labute approximate surface area is 164 Å². The van der Waals surface area contributed by atoms with Gasteiger partial charge >= 0.3 is 5.97 Å². The molecule has 0 saturated carbocycles. The fraction of sp³-hybridized carbons (Fsp3) is 0.333. The number of benzene rings is 2. The van der Waals surface area contributed by atoms with Crippen LogP contribution in [0.1, 0.15) is 42.6 Å². The minimum Gasteiger partial charge on any atom is -0.481 e. The highest BCUT2D eigenvalue weighted by atomic mass is 35.5. The summed E-state index contributed by atoms with van der Waals surface area (Å²) in [4.78, 5) is 24.2. The third-order valence-corrected chi connectivity index (χ3v) is 4.16. The van der Waals surface area contributed by atoms with E-state index in [4.69, 9.17) is 21.1 Å². The van der Waals surface area contributed by atoms with Crippen LogP contribution in [0.2, 0.25) is 5.02 Å². The quantitative estimate of drug-likeness (QED) is 0.509. The Morgan fingerprint density at radius 1 is 1.15 bits per heavy atom.